The van der Waals surface area contributed by atoms with Gasteiger partial charge in [0.2, 0.25) is 5.91 Å². The molecule has 1 rings (SSSR count). The van der Waals surface area contributed by atoms with Gasteiger partial charge in [0.1, 0.15) is 0 Å². The number of nitrogens with one attached hydrogen (secondary N) is 2. The molecule has 1 aromatic carbocycles. The van der Waals surface area contributed by atoms with E-state index in [2.05, 4.69) is 36.6 Å². The van der Waals surface area contributed by atoms with Gasteiger partial charge in [-0.3, -0.25) is 4.79 Å². The zero-order valence-corrected chi connectivity index (χ0v) is 12.1. The predicted octanol–water partition coefficient (Wildman–Crippen LogP) is 2.27. The highest BCUT2D eigenvalue weighted by molar-refractivity contribution is 8.00. The number of thioether (sulfide) groups is 1. The second-order valence-electron chi connectivity index (χ2n) is 4.63. The molecule has 0 spiro atoms. The van der Waals surface area contributed by atoms with Crippen molar-refractivity contribution in [3.05, 3.63) is 29.8 Å². The molecule has 18 heavy (non-hydrogen) atoms. The lowest BCUT2D eigenvalue weighted by Gasteiger charge is -2.08. The molecular weight excluding hydrogens is 244 g/mol. The molecule has 0 bridgehead atoms. The molecule has 2 N–H and O–H groups in total. The first-order chi connectivity index (χ1) is 8.61. The standard InChI is InChI=1S/C14H22N2OS/c1-11(2)8-16-9-12-5-4-6-13(7-12)18-10-14(17)15-3/h4-7,11,16H,8-10H2,1-3H3,(H,15,17). The van der Waals surface area contributed by atoms with E-state index in [0.29, 0.717) is 11.7 Å². The van der Waals surface area contributed by atoms with Crippen LogP contribution in [0.1, 0.15) is 19.4 Å². The number of carbonyl (C=O) groups excluding carboxylic acids is 1. The second-order valence-corrected chi connectivity index (χ2v) is 5.68. The fourth-order valence-corrected chi connectivity index (χ4v) is 2.32. The van der Waals surface area contributed by atoms with E-state index >= 15 is 0 Å². The van der Waals surface area contributed by atoms with Crippen molar-refractivity contribution in [3.8, 4) is 0 Å². The molecule has 0 aromatic heterocycles. The van der Waals surface area contributed by atoms with Crippen molar-refractivity contribution in [2.24, 2.45) is 5.92 Å². The van der Waals surface area contributed by atoms with Gasteiger partial charge >= 0.3 is 0 Å². The van der Waals surface area contributed by atoms with Gasteiger partial charge in [-0.2, -0.15) is 0 Å². The SMILES string of the molecule is CNC(=O)CSc1cccc(CNCC(C)C)c1. The molecule has 0 aliphatic rings. The molecule has 4 heteroatoms. The Morgan fingerprint density at radius 1 is 1.39 bits per heavy atom. The van der Waals surface area contributed by atoms with E-state index in [4.69, 9.17) is 0 Å². The van der Waals surface area contributed by atoms with E-state index in [1.807, 2.05) is 12.1 Å². The van der Waals surface area contributed by atoms with Crippen LogP contribution < -0.4 is 10.6 Å². The van der Waals surface area contributed by atoms with Gasteiger partial charge in [-0.25, -0.2) is 0 Å². The van der Waals surface area contributed by atoms with Crippen molar-refractivity contribution in [1.82, 2.24) is 10.6 Å². The normalized spacial score (nSPS) is 10.7. The van der Waals surface area contributed by atoms with Crippen LogP contribution in [-0.4, -0.2) is 25.3 Å². The van der Waals surface area contributed by atoms with Crippen molar-refractivity contribution < 1.29 is 4.79 Å². The van der Waals surface area contributed by atoms with E-state index < -0.39 is 0 Å². The van der Waals surface area contributed by atoms with Crippen molar-refractivity contribution in [1.29, 1.82) is 0 Å². The minimum absolute atomic E-state index is 0.0586. The molecule has 1 aromatic rings. The summed E-state index contributed by atoms with van der Waals surface area (Å²) in [5, 5.41) is 6.04. The van der Waals surface area contributed by atoms with Crippen molar-refractivity contribution in [2.45, 2.75) is 25.3 Å². The quantitative estimate of drug-likeness (QED) is 0.744. The zero-order valence-electron chi connectivity index (χ0n) is 11.3. The summed E-state index contributed by atoms with van der Waals surface area (Å²) >= 11 is 1.57. The first-order valence-electron chi connectivity index (χ1n) is 6.25. The Kier molecular flexibility index (Phi) is 6.83. The summed E-state index contributed by atoms with van der Waals surface area (Å²) in [5.41, 5.74) is 1.26. The fraction of sp³-hybridized carbons (Fsp3) is 0.500. The number of rotatable bonds is 7. The van der Waals surface area contributed by atoms with Gasteiger partial charge in [0.15, 0.2) is 0 Å². The average Bonchev–Trinajstić information content (AvgIpc) is 2.36. The maximum Gasteiger partial charge on any atom is 0.230 e. The lowest BCUT2D eigenvalue weighted by Crippen LogP contribution is -2.20. The molecule has 0 aliphatic carbocycles. The molecule has 0 heterocycles. The minimum Gasteiger partial charge on any atom is -0.358 e. The third kappa shape index (κ3) is 6.07. The van der Waals surface area contributed by atoms with Gasteiger partial charge in [0, 0.05) is 18.5 Å². The highest BCUT2D eigenvalue weighted by Crippen LogP contribution is 2.18. The summed E-state index contributed by atoms with van der Waals surface area (Å²) in [4.78, 5) is 12.3. The third-order valence-electron chi connectivity index (χ3n) is 2.43. The second kappa shape index (κ2) is 8.16. The van der Waals surface area contributed by atoms with E-state index in [0.717, 1.165) is 18.0 Å². The van der Waals surface area contributed by atoms with Crippen LogP contribution in [-0.2, 0) is 11.3 Å². The molecule has 0 radical (unpaired) electrons. The van der Waals surface area contributed by atoms with Gasteiger partial charge in [-0.05, 0) is 30.2 Å². The van der Waals surface area contributed by atoms with Gasteiger partial charge < -0.3 is 10.6 Å². The van der Waals surface area contributed by atoms with Crippen molar-refractivity contribution in [3.63, 3.8) is 0 Å². The first kappa shape index (κ1) is 15.1. The van der Waals surface area contributed by atoms with Crippen LogP contribution in [0.3, 0.4) is 0 Å². The molecule has 0 aliphatic heterocycles. The van der Waals surface area contributed by atoms with E-state index in [9.17, 15) is 4.79 Å². The van der Waals surface area contributed by atoms with Crippen LogP contribution in [0.4, 0.5) is 0 Å². The first-order valence-corrected chi connectivity index (χ1v) is 7.23. The molecule has 0 atom stereocenters. The highest BCUT2D eigenvalue weighted by atomic mass is 32.2. The number of amides is 1. The Morgan fingerprint density at radius 3 is 2.83 bits per heavy atom. The topological polar surface area (TPSA) is 41.1 Å². The van der Waals surface area contributed by atoms with Crippen molar-refractivity contribution in [2.75, 3.05) is 19.3 Å². The maximum atomic E-state index is 11.2. The summed E-state index contributed by atoms with van der Waals surface area (Å²) in [6.45, 7) is 6.30. The Hall–Kier alpha value is -1.00. The number of benzene rings is 1. The Balaban J connectivity index is 2.43. The molecule has 0 saturated carbocycles. The van der Waals surface area contributed by atoms with Crippen LogP contribution >= 0.6 is 11.8 Å². The molecular formula is C14H22N2OS. The summed E-state index contributed by atoms with van der Waals surface area (Å²) in [6.07, 6.45) is 0. The lowest BCUT2D eigenvalue weighted by molar-refractivity contribution is -0.118. The number of carbonyl (C=O) groups is 1. The third-order valence-corrected chi connectivity index (χ3v) is 3.42. The summed E-state index contributed by atoms with van der Waals surface area (Å²) in [5.74, 6) is 1.19. The smallest absolute Gasteiger partial charge is 0.230 e. The van der Waals surface area contributed by atoms with Gasteiger partial charge in [-0.15, -0.1) is 11.8 Å². The number of hydrogen-bond donors (Lipinski definition) is 2. The van der Waals surface area contributed by atoms with Crippen LogP contribution in [0.2, 0.25) is 0 Å². The van der Waals surface area contributed by atoms with Gasteiger partial charge in [0.05, 0.1) is 5.75 Å². The average molecular weight is 266 g/mol. The zero-order chi connectivity index (χ0) is 13.4. The van der Waals surface area contributed by atoms with Crippen LogP contribution in [0.5, 0.6) is 0 Å². The largest absolute Gasteiger partial charge is 0.358 e. The monoisotopic (exact) mass is 266 g/mol. The lowest BCUT2D eigenvalue weighted by atomic mass is 10.2. The Morgan fingerprint density at radius 2 is 2.17 bits per heavy atom. The van der Waals surface area contributed by atoms with Crippen molar-refractivity contribution >= 4 is 17.7 Å². The Bertz CT molecular complexity index is 380. The van der Waals surface area contributed by atoms with E-state index in [1.165, 1.54) is 5.56 Å². The Labute approximate surface area is 114 Å². The summed E-state index contributed by atoms with van der Waals surface area (Å²) in [7, 11) is 1.66. The van der Waals surface area contributed by atoms with Crippen LogP contribution in [0.25, 0.3) is 0 Å². The predicted molar refractivity (Wildman–Crippen MR) is 77.8 cm³/mol. The summed E-state index contributed by atoms with van der Waals surface area (Å²) in [6, 6.07) is 8.33. The van der Waals surface area contributed by atoms with Gasteiger partial charge in [0.25, 0.3) is 0 Å². The molecule has 0 fully saturated rings. The van der Waals surface area contributed by atoms with E-state index in [1.54, 1.807) is 18.8 Å². The molecule has 100 valence electrons. The van der Waals surface area contributed by atoms with Gasteiger partial charge in [-0.1, -0.05) is 26.0 Å². The molecule has 3 nitrogen and oxygen atoms in total. The fourth-order valence-electron chi connectivity index (χ4n) is 1.47. The van der Waals surface area contributed by atoms with Crippen LogP contribution in [0, 0.1) is 5.92 Å². The van der Waals surface area contributed by atoms with Crippen LogP contribution in [0.15, 0.2) is 29.2 Å². The van der Waals surface area contributed by atoms with E-state index in [-0.39, 0.29) is 5.91 Å². The maximum absolute atomic E-state index is 11.2. The minimum atomic E-state index is 0.0586. The highest BCUT2D eigenvalue weighted by Gasteiger charge is 2.01. The molecule has 0 unspecified atom stereocenters. The molecule has 1 amide bonds. The molecule has 0 saturated heterocycles. The number of hydrogen-bond acceptors (Lipinski definition) is 3. The summed E-state index contributed by atoms with van der Waals surface area (Å²) < 4.78 is 0.